The lowest BCUT2D eigenvalue weighted by Crippen LogP contribution is -2.61. The van der Waals surface area contributed by atoms with Gasteiger partial charge in [0.1, 0.15) is 35.3 Å². The van der Waals surface area contributed by atoms with Crippen molar-refractivity contribution < 1.29 is 33.3 Å². The van der Waals surface area contributed by atoms with Crippen LogP contribution in [0.5, 0.6) is 23.0 Å². The molecule has 58 heavy (non-hydrogen) atoms. The Kier molecular flexibility index (Phi) is 11.6. The molecule has 5 aromatic carbocycles. The molecule has 0 aromatic heterocycles. The fourth-order valence-corrected chi connectivity index (χ4v) is 7.64. The number of benzene rings is 5. The summed E-state index contributed by atoms with van der Waals surface area (Å²) in [6, 6.07) is 30.6. The van der Waals surface area contributed by atoms with Crippen molar-refractivity contribution in [1.82, 2.24) is 0 Å². The Labute approximate surface area is 345 Å². The normalized spacial score (nSPS) is 17.7. The van der Waals surface area contributed by atoms with Gasteiger partial charge in [-0.15, -0.1) is 11.6 Å². The quantitative estimate of drug-likeness (QED) is 0.0474. The first-order chi connectivity index (χ1) is 27.8. The number of esters is 2. The van der Waals surface area contributed by atoms with Crippen LogP contribution in [0.3, 0.4) is 0 Å². The van der Waals surface area contributed by atoms with Crippen LogP contribution in [-0.4, -0.2) is 56.1 Å². The van der Waals surface area contributed by atoms with Crippen molar-refractivity contribution in [3.05, 3.63) is 121 Å². The van der Waals surface area contributed by atoms with E-state index in [1.807, 2.05) is 86.9 Å². The molecule has 4 atom stereocenters. The van der Waals surface area contributed by atoms with Gasteiger partial charge in [0.25, 0.3) is 0 Å². The molecule has 2 aliphatic rings. The van der Waals surface area contributed by atoms with E-state index in [0.29, 0.717) is 47.6 Å². The number of nitrogens with zero attached hydrogens (tertiary/aromatic N) is 2. The Morgan fingerprint density at radius 1 is 0.862 bits per heavy atom. The number of alkyl halides is 1. The molecule has 9 nitrogen and oxygen atoms in total. The Bertz CT molecular complexity index is 2360. The first kappa shape index (κ1) is 40.4. The highest BCUT2D eigenvalue weighted by Crippen LogP contribution is 2.55. The standard InChI is InChI=1S/C48H49ClN2O7/c1-8-31(4)41(49)28-55-37-21-22-42-40(25-37)47(5,6)48(51(42)7)29-50-45-39-24-38(20-16-34(39)17-23-43(45)58-48)57-46(53)35-12-10-32(11-13-35)33-14-18-36(19-15-33)54-26-30(3)27-56-44(52)9-2/h9-25,29-31,41H,2,8,26-28H2,1,3-7H3/t30-,31+,41-,48-/m1/s1. The zero-order valence-corrected chi connectivity index (χ0v) is 34.5. The molecule has 300 valence electrons. The number of hydrogen-bond acceptors (Lipinski definition) is 9. The SMILES string of the molecule is C=CC(=O)OC[C@H](C)COc1ccc(-c2ccc(C(=O)Oc3ccc4ccc5c(c4c3)N=C[C@]3(O5)N(C)c4ccc(OC[C@@H](Cl)[C@@H](C)CC)cc4C3(C)C)cc2)cc1. The van der Waals surface area contributed by atoms with E-state index >= 15 is 0 Å². The van der Waals surface area contributed by atoms with Gasteiger partial charge in [0.15, 0.2) is 0 Å². The summed E-state index contributed by atoms with van der Waals surface area (Å²) in [7, 11) is 2.03. The highest BCUT2D eigenvalue weighted by Gasteiger charge is 2.58. The summed E-state index contributed by atoms with van der Waals surface area (Å²) >= 11 is 6.59. The second-order valence-corrected chi connectivity index (χ2v) is 16.2. The predicted molar refractivity (Wildman–Crippen MR) is 231 cm³/mol. The van der Waals surface area contributed by atoms with Gasteiger partial charge in [-0.25, -0.2) is 9.59 Å². The number of ether oxygens (including phenoxy) is 5. The molecule has 0 saturated carbocycles. The minimum Gasteiger partial charge on any atom is -0.493 e. The van der Waals surface area contributed by atoms with Crippen molar-refractivity contribution in [3.63, 3.8) is 0 Å². The minimum atomic E-state index is -0.893. The number of carbonyl (C=O) groups is 2. The van der Waals surface area contributed by atoms with Crippen molar-refractivity contribution in [2.75, 3.05) is 31.8 Å². The molecule has 10 heteroatoms. The van der Waals surface area contributed by atoms with E-state index in [4.69, 9.17) is 40.3 Å². The van der Waals surface area contributed by atoms with E-state index in [-0.39, 0.29) is 17.9 Å². The van der Waals surface area contributed by atoms with Crippen LogP contribution < -0.4 is 23.8 Å². The van der Waals surface area contributed by atoms with E-state index in [9.17, 15) is 9.59 Å². The molecular formula is C48H49ClN2O7. The summed E-state index contributed by atoms with van der Waals surface area (Å²) in [6.07, 6.45) is 4.03. The molecule has 2 heterocycles. The first-order valence-corrected chi connectivity index (χ1v) is 20.1. The lowest BCUT2D eigenvalue weighted by Gasteiger charge is -2.45. The van der Waals surface area contributed by atoms with Crippen molar-refractivity contribution in [2.45, 2.75) is 57.6 Å². The predicted octanol–water partition coefficient (Wildman–Crippen LogP) is 10.7. The lowest BCUT2D eigenvalue weighted by molar-refractivity contribution is -0.139. The van der Waals surface area contributed by atoms with Crippen molar-refractivity contribution in [2.24, 2.45) is 16.8 Å². The number of aliphatic imine (C=N–C) groups is 1. The fraction of sp³-hybridized carbons (Fsp3) is 0.312. The second kappa shape index (κ2) is 16.6. The van der Waals surface area contributed by atoms with Crippen LogP contribution in [0.4, 0.5) is 11.4 Å². The van der Waals surface area contributed by atoms with Crippen LogP contribution in [-0.2, 0) is 14.9 Å². The Balaban J connectivity index is 1.02. The maximum absolute atomic E-state index is 13.3. The maximum atomic E-state index is 13.3. The molecule has 0 bridgehead atoms. The molecule has 0 N–H and O–H groups in total. The van der Waals surface area contributed by atoms with Crippen molar-refractivity contribution in [1.29, 1.82) is 0 Å². The van der Waals surface area contributed by atoms with Crippen molar-refractivity contribution >= 4 is 51.9 Å². The highest BCUT2D eigenvalue weighted by atomic mass is 35.5. The van der Waals surface area contributed by atoms with Crippen LogP contribution in [0.1, 0.15) is 57.0 Å². The van der Waals surface area contributed by atoms with E-state index in [1.54, 1.807) is 18.2 Å². The number of hydrogen-bond donors (Lipinski definition) is 0. The van der Waals surface area contributed by atoms with Crippen LogP contribution >= 0.6 is 11.6 Å². The van der Waals surface area contributed by atoms with E-state index in [1.165, 1.54) is 0 Å². The average Bonchev–Trinajstić information content (AvgIpc) is 3.40. The Morgan fingerprint density at radius 3 is 2.22 bits per heavy atom. The van der Waals surface area contributed by atoms with Gasteiger partial charge in [-0.2, -0.15) is 0 Å². The summed E-state index contributed by atoms with van der Waals surface area (Å²) in [5.74, 6) is 1.98. The topological polar surface area (TPSA) is 95.9 Å². The van der Waals surface area contributed by atoms with Crippen LogP contribution in [0.2, 0.25) is 0 Å². The first-order valence-electron chi connectivity index (χ1n) is 19.6. The fourth-order valence-electron chi connectivity index (χ4n) is 7.40. The zero-order valence-electron chi connectivity index (χ0n) is 33.8. The summed E-state index contributed by atoms with van der Waals surface area (Å²) in [5, 5.41) is 1.68. The number of carbonyl (C=O) groups excluding carboxylic acids is 2. The highest BCUT2D eigenvalue weighted by molar-refractivity contribution is 6.20. The van der Waals surface area contributed by atoms with E-state index in [0.717, 1.165) is 51.4 Å². The lowest BCUT2D eigenvalue weighted by atomic mass is 9.77. The zero-order chi connectivity index (χ0) is 41.2. The van der Waals surface area contributed by atoms with Gasteiger partial charge in [-0.05, 0) is 103 Å². The maximum Gasteiger partial charge on any atom is 0.343 e. The minimum absolute atomic E-state index is 0.0253. The molecular weight excluding hydrogens is 752 g/mol. The molecule has 0 radical (unpaired) electrons. The van der Waals surface area contributed by atoms with Gasteiger partial charge in [-0.3, -0.25) is 4.99 Å². The third-order valence-corrected chi connectivity index (χ3v) is 11.9. The monoisotopic (exact) mass is 800 g/mol. The third-order valence-electron chi connectivity index (χ3n) is 11.4. The van der Waals surface area contributed by atoms with Crippen LogP contribution in [0.25, 0.3) is 21.9 Å². The number of anilines is 1. The van der Waals surface area contributed by atoms with Gasteiger partial charge >= 0.3 is 11.9 Å². The molecule has 7 rings (SSSR count). The summed E-state index contributed by atoms with van der Waals surface area (Å²) in [4.78, 5) is 31.8. The van der Waals surface area contributed by atoms with Gasteiger partial charge < -0.3 is 28.6 Å². The smallest absolute Gasteiger partial charge is 0.343 e. The van der Waals surface area contributed by atoms with Crippen LogP contribution in [0, 0.1) is 11.8 Å². The molecule has 0 amide bonds. The summed E-state index contributed by atoms with van der Waals surface area (Å²) < 4.78 is 29.9. The number of rotatable bonds is 14. The second-order valence-electron chi connectivity index (χ2n) is 15.7. The summed E-state index contributed by atoms with van der Waals surface area (Å²) in [5.41, 5.74) is 3.74. The molecule has 0 unspecified atom stereocenters. The van der Waals surface area contributed by atoms with Gasteiger partial charge in [0.2, 0.25) is 5.72 Å². The van der Waals surface area contributed by atoms with Gasteiger partial charge in [-0.1, -0.05) is 70.2 Å². The molecule has 0 aliphatic carbocycles. The number of fused-ring (bicyclic) bond motifs is 4. The van der Waals surface area contributed by atoms with E-state index in [2.05, 4.69) is 51.3 Å². The van der Waals surface area contributed by atoms with Gasteiger partial charge in [0.05, 0.1) is 35.8 Å². The summed E-state index contributed by atoms with van der Waals surface area (Å²) in [6.45, 7) is 15.0. The number of halogens is 1. The van der Waals surface area contributed by atoms with Crippen LogP contribution in [0.15, 0.2) is 115 Å². The molecule has 0 saturated heterocycles. The molecule has 5 aromatic rings. The molecule has 0 fully saturated rings. The third kappa shape index (κ3) is 7.88. The van der Waals surface area contributed by atoms with Gasteiger partial charge in [0, 0.05) is 30.1 Å². The Hall–Kier alpha value is -5.80. The molecule has 2 aliphatic heterocycles. The van der Waals surface area contributed by atoms with E-state index < -0.39 is 23.1 Å². The van der Waals surface area contributed by atoms with Crippen molar-refractivity contribution in [3.8, 4) is 34.1 Å². The average molecular weight is 801 g/mol. The number of likely N-dealkylation sites (N-methyl/N-ethyl adjacent to an activating group) is 1. The Morgan fingerprint density at radius 2 is 1.52 bits per heavy atom. The molecule has 1 spiro atoms. The largest absolute Gasteiger partial charge is 0.493 e.